The average Bonchev–Trinajstić information content (AvgIpc) is 3.59. The van der Waals surface area contributed by atoms with Gasteiger partial charge in [0, 0.05) is 47.1 Å². The molecule has 0 aromatic rings. The molecule has 58 heavy (non-hydrogen) atoms. The summed E-state index contributed by atoms with van der Waals surface area (Å²) >= 11 is 0. The number of likely N-dealkylation sites (tertiary alicyclic amines) is 2. The predicted molar refractivity (Wildman–Crippen MR) is 240 cm³/mol. The minimum absolute atomic E-state index is 0.0362. The molecule has 0 bridgehead atoms. The van der Waals surface area contributed by atoms with Crippen molar-refractivity contribution in [1.29, 1.82) is 0 Å². The summed E-state index contributed by atoms with van der Waals surface area (Å²) in [5.41, 5.74) is 0.136. The number of ether oxygens (including phenoxy) is 2. The quantitative estimate of drug-likeness (QED) is 0.241. The zero-order valence-corrected chi connectivity index (χ0v) is 42.2. The first-order valence-corrected chi connectivity index (χ1v) is 22.1. The van der Waals surface area contributed by atoms with Gasteiger partial charge in [0.1, 0.15) is 13.2 Å². The van der Waals surface area contributed by atoms with E-state index in [9.17, 15) is 19.2 Å². The lowest BCUT2D eigenvalue weighted by molar-refractivity contribution is -0.162. The van der Waals surface area contributed by atoms with Crippen LogP contribution in [0.2, 0.25) is 0 Å². The Balaban J connectivity index is 0.000000387. The van der Waals surface area contributed by atoms with E-state index in [1.807, 2.05) is 30.6 Å². The van der Waals surface area contributed by atoms with Gasteiger partial charge in [-0.2, -0.15) is 0 Å². The van der Waals surface area contributed by atoms with E-state index in [1.54, 1.807) is 0 Å². The Labute approximate surface area is 357 Å². The molecule has 0 spiro atoms. The van der Waals surface area contributed by atoms with Crippen molar-refractivity contribution in [3.8, 4) is 0 Å². The maximum absolute atomic E-state index is 12.0. The molecule has 4 saturated heterocycles. The van der Waals surface area contributed by atoms with Gasteiger partial charge in [0.2, 0.25) is 17.7 Å². The SMILES string of the molecule is CC(C)(C)C1CCC(=O)N1C(C)(C)C.CC(C)(C)C1CCCC(=O)N1C(C)(C)C.CC(C)(C)C1COC(=O)N1C(C)(C)C.CC(C)(C)C1COCC(=O)N1C(C)(C)C. The van der Waals surface area contributed by atoms with Gasteiger partial charge in [0.05, 0.1) is 18.7 Å². The molecule has 4 heterocycles. The monoisotopic (exact) mass is 821 g/mol. The summed E-state index contributed by atoms with van der Waals surface area (Å²) < 4.78 is 10.5. The lowest BCUT2D eigenvalue weighted by Crippen LogP contribution is -2.61. The van der Waals surface area contributed by atoms with Gasteiger partial charge in [-0.05, 0) is 124 Å². The number of hydrogen-bond acceptors (Lipinski definition) is 6. The molecule has 4 amide bonds. The molecule has 0 N–H and O–H groups in total. The summed E-state index contributed by atoms with van der Waals surface area (Å²) in [5.74, 6) is 0.750. The van der Waals surface area contributed by atoms with Crippen LogP contribution in [0.1, 0.15) is 198 Å². The average molecular weight is 821 g/mol. The molecule has 0 saturated carbocycles. The number of carbonyl (C=O) groups is 4. The van der Waals surface area contributed by atoms with Gasteiger partial charge < -0.3 is 24.2 Å². The van der Waals surface area contributed by atoms with Gasteiger partial charge in [-0.15, -0.1) is 0 Å². The fourth-order valence-electron chi connectivity index (χ4n) is 8.73. The van der Waals surface area contributed by atoms with Crippen LogP contribution in [-0.2, 0) is 23.9 Å². The summed E-state index contributed by atoms with van der Waals surface area (Å²) in [6, 6.07) is 1.13. The summed E-state index contributed by atoms with van der Waals surface area (Å²) in [5, 5.41) is 0. The third-order valence-corrected chi connectivity index (χ3v) is 11.5. The second kappa shape index (κ2) is 18.7. The summed E-state index contributed by atoms with van der Waals surface area (Å²) in [6.07, 6.45) is 4.47. The van der Waals surface area contributed by atoms with Crippen LogP contribution in [0.25, 0.3) is 0 Å². The fourth-order valence-corrected chi connectivity index (χ4v) is 8.73. The molecule has 4 fully saturated rings. The zero-order valence-electron chi connectivity index (χ0n) is 42.2. The van der Waals surface area contributed by atoms with E-state index in [2.05, 4.69) is 155 Å². The molecule has 4 aliphatic heterocycles. The van der Waals surface area contributed by atoms with Crippen LogP contribution in [0.4, 0.5) is 4.79 Å². The Hall–Kier alpha value is -2.36. The Morgan fingerprint density at radius 3 is 1.03 bits per heavy atom. The molecule has 0 aliphatic carbocycles. The number of nitrogens with zero attached hydrogens (tertiary/aromatic N) is 4. The fraction of sp³-hybridized carbons (Fsp3) is 0.917. The summed E-state index contributed by atoms with van der Waals surface area (Å²) in [6.45, 7) is 52.7. The van der Waals surface area contributed by atoms with Crippen LogP contribution in [0.5, 0.6) is 0 Å². The third kappa shape index (κ3) is 15.0. The Kier molecular flexibility index (Phi) is 17.3. The topological polar surface area (TPSA) is 99.7 Å². The number of morpholine rings is 1. The van der Waals surface area contributed by atoms with Crippen molar-refractivity contribution in [2.24, 2.45) is 21.7 Å². The second-order valence-electron chi connectivity index (χ2n) is 25.4. The van der Waals surface area contributed by atoms with Crippen LogP contribution in [0.3, 0.4) is 0 Å². The molecule has 4 unspecified atom stereocenters. The molecule has 340 valence electrons. The molecular formula is C48H92N4O6. The Morgan fingerprint density at radius 2 is 0.724 bits per heavy atom. The van der Waals surface area contributed by atoms with E-state index < -0.39 is 0 Å². The minimum atomic E-state index is -0.183. The van der Waals surface area contributed by atoms with E-state index in [4.69, 9.17) is 9.47 Å². The number of piperidine rings is 1. The predicted octanol–water partition coefficient (Wildman–Crippen LogP) is 10.7. The van der Waals surface area contributed by atoms with Gasteiger partial charge in [-0.1, -0.05) is 83.1 Å². The normalized spacial score (nSPS) is 24.4. The molecule has 4 aliphatic rings. The first-order valence-electron chi connectivity index (χ1n) is 22.1. The largest absolute Gasteiger partial charge is 0.447 e. The maximum atomic E-state index is 12.0. The highest BCUT2D eigenvalue weighted by atomic mass is 16.6. The van der Waals surface area contributed by atoms with Crippen molar-refractivity contribution in [2.45, 2.75) is 245 Å². The second-order valence-corrected chi connectivity index (χ2v) is 25.4. The molecule has 4 atom stereocenters. The van der Waals surface area contributed by atoms with Gasteiger partial charge >= 0.3 is 6.09 Å². The van der Waals surface area contributed by atoms with Crippen LogP contribution in [0, 0.1) is 21.7 Å². The highest BCUT2D eigenvalue weighted by Crippen LogP contribution is 2.39. The number of cyclic esters (lactones) is 1. The van der Waals surface area contributed by atoms with Gasteiger partial charge in [-0.25, -0.2) is 4.79 Å². The first kappa shape index (κ1) is 53.7. The van der Waals surface area contributed by atoms with Gasteiger partial charge in [0.25, 0.3) is 0 Å². The first-order chi connectivity index (χ1) is 25.6. The Morgan fingerprint density at radius 1 is 0.397 bits per heavy atom. The molecule has 10 nitrogen and oxygen atoms in total. The van der Waals surface area contributed by atoms with E-state index in [-0.39, 0.29) is 74.5 Å². The number of rotatable bonds is 0. The van der Waals surface area contributed by atoms with Crippen LogP contribution in [-0.4, -0.2) is 110 Å². The minimum Gasteiger partial charge on any atom is -0.447 e. The van der Waals surface area contributed by atoms with Crippen molar-refractivity contribution >= 4 is 23.8 Å². The molecular weight excluding hydrogens is 729 g/mol. The van der Waals surface area contributed by atoms with Crippen LogP contribution >= 0.6 is 0 Å². The van der Waals surface area contributed by atoms with E-state index in [1.165, 1.54) is 0 Å². The smallest absolute Gasteiger partial charge is 0.410 e. The lowest BCUT2D eigenvalue weighted by atomic mass is 9.78. The molecule has 4 rings (SSSR count). The van der Waals surface area contributed by atoms with E-state index in [0.717, 1.165) is 32.1 Å². The van der Waals surface area contributed by atoms with Crippen LogP contribution in [0.15, 0.2) is 0 Å². The maximum Gasteiger partial charge on any atom is 0.410 e. The van der Waals surface area contributed by atoms with Gasteiger partial charge in [0.15, 0.2) is 0 Å². The van der Waals surface area contributed by atoms with E-state index in [0.29, 0.717) is 37.1 Å². The van der Waals surface area contributed by atoms with Crippen molar-refractivity contribution in [3.63, 3.8) is 0 Å². The van der Waals surface area contributed by atoms with Crippen molar-refractivity contribution in [2.75, 3.05) is 19.8 Å². The highest BCUT2D eigenvalue weighted by Gasteiger charge is 2.47. The molecule has 10 heteroatoms. The van der Waals surface area contributed by atoms with Crippen molar-refractivity contribution in [1.82, 2.24) is 19.6 Å². The van der Waals surface area contributed by atoms with E-state index >= 15 is 0 Å². The van der Waals surface area contributed by atoms with Gasteiger partial charge in [-0.3, -0.25) is 19.3 Å². The highest BCUT2D eigenvalue weighted by molar-refractivity contribution is 5.80. The number of hydrogen-bond donors (Lipinski definition) is 0. The standard InChI is InChI=1S/C13H25NO.C12H23NO2.C12H23NO.C11H21NO2/c1-12(2,3)10-8-7-9-11(15)14(10)13(4,5)6;1-11(2,3)9-7-15-8-10(14)13(9)12(4,5)6;1-11(2,3)9-7-8-10(14)13(9)12(4,5)6;1-10(2,3)8-7-14-9(13)12(8)11(4,5)6/h10H,7-9H2,1-6H3;9H,7-8H2,1-6H3;9H,7-8H2,1-6H3;8H,7H2,1-6H3. The molecule has 0 aromatic heterocycles. The Bertz CT molecular complexity index is 1280. The lowest BCUT2D eigenvalue weighted by Gasteiger charge is -2.50. The van der Waals surface area contributed by atoms with Crippen LogP contribution < -0.4 is 0 Å². The summed E-state index contributed by atoms with van der Waals surface area (Å²) in [4.78, 5) is 55.3. The third-order valence-electron chi connectivity index (χ3n) is 11.5. The summed E-state index contributed by atoms with van der Waals surface area (Å²) in [7, 11) is 0. The number of carbonyl (C=O) groups excluding carboxylic acids is 4. The molecule has 0 radical (unpaired) electrons. The molecule has 0 aromatic carbocycles. The number of amides is 4. The zero-order chi connectivity index (χ0) is 46.0. The van der Waals surface area contributed by atoms with Crippen molar-refractivity contribution in [3.05, 3.63) is 0 Å². The van der Waals surface area contributed by atoms with Crippen molar-refractivity contribution < 1.29 is 28.7 Å².